The molecule has 0 radical (unpaired) electrons. The van der Waals surface area contributed by atoms with Crippen molar-refractivity contribution in [1.29, 1.82) is 0 Å². The second kappa shape index (κ2) is 7.33. The highest BCUT2D eigenvalue weighted by Gasteiger charge is 2.32. The molecule has 1 aliphatic rings. The Morgan fingerprint density at radius 3 is 2.62 bits per heavy atom. The molecule has 1 fully saturated rings. The number of nitrogens with one attached hydrogen (secondary N) is 1. The van der Waals surface area contributed by atoms with Crippen LogP contribution in [0.2, 0.25) is 0 Å². The second-order valence-electron chi connectivity index (χ2n) is 6.47. The molecule has 3 aromatic rings. The molecule has 7 nitrogen and oxygen atoms in total. The maximum absolute atomic E-state index is 12.8. The van der Waals surface area contributed by atoms with Crippen LogP contribution >= 0.6 is 12.2 Å². The van der Waals surface area contributed by atoms with Gasteiger partial charge in [-0.15, -0.1) is 0 Å². The van der Waals surface area contributed by atoms with Crippen LogP contribution in [0, 0.1) is 17.0 Å². The van der Waals surface area contributed by atoms with Gasteiger partial charge in [-0.3, -0.25) is 19.8 Å². The third-order valence-corrected chi connectivity index (χ3v) is 4.71. The van der Waals surface area contributed by atoms with Crippen LogP contribution in [0.5, 0.6) is 0 Å². The van der Waals surface area contributed by atoms with E-state index in [1.165, 1.54) is 17.0 Å². The van der Waals surface area contributed by atoms with Crippen molar-refractivity contribution in [2.45, 2.75) is 6.92 Å². The Bertz CT molecular complexity index is 1160. The van der Waals surface area contributed by atoms with Gasteiger partial charge in [0.15, 0.2) is 5.11 Å². The molecule has 1 amide bonds. The number of hydrogen-bond acceptors (Lipinski definition) is 5. The summed E-state index contributed by atoms with van der Waals surface area (Å²) in [6.07, 6.45) is 1.56. The summed E-state index contributed by atoms with van der Waals surface area (Å²) in [6.45, 7) is 1.97. The summed E-state index contributed by atoms with van der Waals surface area (Å²) in [5.41, 5.74) is 2.60. The van der Waals surface area contributed by atoms with Gasteiger partial charge >= 0.3 is 0 Å². The molecule has 1 N–H and O–H groups in total. The molecule has 0 unspecified atom stereocenters. The van der Waals surface area contributed by atoms with E-state index in [2.05, 4.69) is 5.32 Å². The van der Waals surface area contributed by atoms with Crippen molar-refractivity contribution in [1.82, 2.24) is 5.32 Å². The molecule has 144 valence electrons. The number of carbonyl (C=O) groups is 1. The van der Waals surface area contributed by atoms with E-state index in [-0.39, 0.29) is 22.4 Å². The highest BCUT2D eigenvalue weighted by molar-refractivity contribution is 7.80. The number of non-ortho nitro benzene ring substituents is 1. The summed E-state index contributed by atoms with van der Waals surface area (Å²) in [5.74, 6) is 0.604. The highest BCUT2D eigenvalue weighted by atomic mass is 32.1. The Hall–Kier alpha value is -3.78. The Labute approximate surface area is 171 Å². The summed E-state index contributed by atoms with van der Waals surface area (Å²) in [4.78, 5) is 24.7. The molecule has 0 aliphatic carbocycles. The first kappa shape index (κ1) is 18.6. The first-order valence-corrected chi connectivity index (χ1v) is 9.12. The van der Waals surface area contributed by atoms with E-state index < -0.39 is 4.92 Å². The predicted octanol–water partition coefficient (Wildman–Crippen LogP) is 4.43. The lowest BCUT2D eigenvalue weighted by atomic mass is 10.1. The van der Waals surface area contributed by atoms with E-state index in [1.807, 2.05) is 31.2 Å². The zero-order chi connectivity index (χ0) is 20.5. The molecule has 4 rings (SSSR count). The average Bonchev–Trinajstić information content (AvgIpc) is 3.28. The molecule has 2 aromatic carbocycles. The summed E-state index contributed by atoms with van der Waals surface area (Å²) in [5, 5.41) is 14.2. The van der Waals surface area contributed by atoms with Crippen molar-refractivity contribution in [3.05, 3.63) is 87.8 Å². The van der Waals surface area contributed by atoms with Crippen molar-refractivity contribution in [3.63, 3.8) is 0 Å². The van der Waals surface area contributed by atoms with Crippen LogP contribution in [0.4, 0.5) is 11.4 Å². The highest BCUT2D eigenvalue weighted by Crippen LogP contribution is 2.28. The Morgan fingerprint density at radius 1 is 1.14 bits per heavy atom. The van der Waals surface area contributed by atoms with Gasteiger partial charge in [-0.1, -0.05) is 29.8 Å². The van der Waals surface area contributed by atoms with E-state index >= 15 is 0 Å². The van der Waals surface area contributed by atoms with Gasteiger partial charge in [0.25, 0.3) is 11.6 Å². The van der Waals surface area contributed by atoms with Crippen LogP contribution < -0.4 is 10.2 Å². The number of anilines is 1. The van der Waals surface area contributed by atoms with Crippen molar-refractivity contribution in [3.8, 4) is 11.3 Å². The van der Waals surface area contributed by atoms with Crippen molar-refractivity contribution >= 4 is 40.7 Å². The molecule has 29 heavy (non-hydrogen) atoms. The van der Waals surface area contributed by atoms with Crippen molar-refractivity contribution < 1.29 is 14.1 Å². The number of aryl methyl sites for hydroxylation is 1. The van der Waals surface area contributed by atoms with Gasteiger partial charge < -0.3 is 9.73 Å². The molecule has 8 heteroatoms. The average molecular weight is 405 g/mol. The minimum atomic E-state index is -0.461. The monoisotopic (exact) mass is 405 g/mol. The fourth-order valence-electron chi connectivity index (χ4n) is 2.96. The zero-order valence-corrected chi connectivity index (χ0v) is 16.1. The Morgan fingerprint density at radius 2 is 1.90 bits per heavy atom. The van der Waals surface area contributed by atoms with Gasteiger partial charge in [0.1, 0.15) is 17.2 Å². The largest absolute Gasteiger partial charge is 0.457 e. The SMILES string of the molecule is Cc1ccc(N2C(=O)/C(=C\c3ccc(-c4cccc([N+](=O)[O-])c4)o3)NC2=S)cc1. The Kier molecular flexibility index (Phi) is 4.69. The van der Waals surface area contributed by atoms with Gasteiger partial charge in [-0.2, -0.15) is 0 Å². The predicted molar refractivity (Wildman–Crippen MR) is 113 cm³/mol. The lowest BCUT2D eigenvalue weighted by Gasteiger charge is -2.13. The molecule has 1 saturated heterocycles. The third-order valence-electron chi connectivity index (χ3n) is 4.43. The molecule has 0 bridgehead atoms. The fraction of sp³-hybridized carbons (Fsp3) is 0.0476. The van der Waals surface area contributed by atoms with Crippen LogP contribution in [-0.2, 0) is 4.79 Å². The molecule has 2 heterocycles. The lowest BCUT2D eigenvalue weighted by Crippen LogP contribution is -2.30. The minimum Gasteiger partial charge on any atom is -0.457 e. The van der Waals surface area contributed by atoms with Gasteiger partial charge in [0, 0.05) is 23.8 Å². The van der Waals surface area contributed by atoms with Crippen LogP contribution in [0.3, 0.4) is 0 Å². The van der Waals surface area contributed by atoms with Crippen LogP contribution in [0.15, 0.2) is 70.8 Å². The first-order chi connectivity index (χ1) is 13.9. The normalized spacial score (nSPS) is 15.1. The molecule has 1 aliphatic heterocycles. The Balaban J connectivity index is 1.60. The zero-order valence-electron chi connectivity index (χ0n) is 15.3. The lowest BCUT2D eigenvalue weighted by molar-refractivity contribution is -0.384. The number of hydrogen-bond donors (Lipinski definition) is 1. The number of carbonyl (C=O) groups excluding carboxylic acids is 1. The van der Waals surface area contributed by atoms with E-state index in [9.17, 15) is 14.9 Å². The van der Waals surface area contributed by atoms with E-state index in [0.29, 0.717) is 22.8 Å². The quantitative estimate of drug-likeness (QED) is 0.299. The number of nitro groups is 1. The number of thiocarbonyl (C=S) groups is 1. The number of nitrogens with zero attached hydrogens (tertiary/aromatic N) is 2. The minimum absolute atomic E-state index is 0.0227. The first-order valence-electron chi connectivity index (χ1n) is 8.71. The maximum atomic E-state index is 12.8. The van der Waals surface area contributed by atoms with Crippen LogP contribution in [-0.4, -0.2) is 15.9 Å². The van der Waals surface area contributed by atoms with Gasteiger partial charge in [0.2, 0.25) is 0 Å². The van der Waals surface area contributed by atoms with Crippen LogP contribution in [0.25, 0.3) is 17.4 Å². The molecule has 1 aromatic heterocycles. The molecule has 0 saturated carbocycles. The fourth-order valence-corrected chi connectivity index (χ4v) is 3.26. The number of nitro benzene ring substituents is 1. The van der Waals surface area contributed by atoms with E-state index in [1.54, 1.807) is 30.3 Å². The number of amides is 1. The summed E-state index contributed by atoms with van der Waals surface area (Å²) >= 11 is 5.30. The summed E-state index contributed by atoms with van der Waals surface area (Å²) in [6, 6.07) is 17.0. The molecule has 0 spiro atoms. The number of furan rings is 1. The van der Waals surface area contributed by atoms with Gasteiger partial charge in [-0.05, 0) is 43.4 Å². The van der Waals surface area contributed by atoms with E-state index in [0.717, 1.165) is 5.56 Å². The van der Waals surface area contributed by atoms with Gasteiger partial charge in [-0.25, -0.2) is 0 Å². The van der Waals surface area contributed by atoms with Crippen LogP contribution in [0.1, 0.15) is 11.3 Å². The summed E-state index contributed by atoms with van der Waals surface area (Å²) in [7, 11) is 0. The maximum Gasteiger partial charge on any atom is 0.281 e. The second-order valence-corrected chi connectivity index (χ2v) is 6.86. The number of benzene rings is 2. The molecule has 0 atom stereocenters. The smallest absolute Gasteiger partial charge is 0.281 e. The molecular weight excluding hydrogens is 390 g/mol. The molecular formula is C21H15N3O4S. The van der Waals surface area contributed by atoms with Crippen molar-refractivity contribution in [2.75, 3.05) is 4.90 Å². The van der Waals surface area contributed by atoms with Crippen molar-refractivity contribution in [2.24, 2.45) is 0 Å². The van der Waals surface area contributed by atoms with Gasteiger partial charge in [0.05, 0.1) is 10.6 Å². The number of rotatable bonds is 4. The third kappa shape index (κ3) is 3.65. The van der Waals surface area contributed by atoms with E-state index in [4.69, 9.17) is 16.6 Å². The topological polar surface area (TPSA) is 88.6 Å². The summed E-state index contributed by atoms with van der Waals surface area (Å²) < 4.78 is 5.75. The standard InChI is InChI=1S/C21H15N3O4S/c1-13-5-7-15(8-6-13)23-20(25)18(22-21(23)29)12-17-9-10-19(28-17)14-3-2-4-16(11-14)24(26)27/h2-12H,1H3,(H,22,29)/b18-12+.